The third-order valence-corrected chi connectivity index (χ3v) is 6.34. The number of carbonyl (C=O) groups is 1. The van der Waals surface area contributed by atoms with Crippen molar-refractivity contribution < 1.29 is 9.53 Å². The van der Waals surface area contributed by atoms with E-state index in [1.165, 1.54) is 11.3 Å². The van der Waals surface area contributed by atoms with Crippen LogP contribution < -0.4 is 14.9 Å². The number of benzene rings is 1. The topological polar surface area (TPSA) is 78.5 Å². The van der Waals surface area contributed by atoms with Gasteiger partial charge in [0.15, 0.2) is 4.80 Å². The first-order valence-corrected chi connectivity index (χ1v) is 11.0. The Labute approximate surface area is 183 Å². The minimum atomic E-state index is -0.585. The van der Waals surface area contributed by atoms with Gasteiger partial charge in [0, 0.05) is 17.8 Å². The zero-order valence-electron chi connectivity index (χ0n) is 18.0. The molecule has 0 radical (unpaired) electrons. The SMILES string of the molecule is CCOC(=O)C1=C(C)N=c2sc(=Cc3cnn(CC)c3C)c(=O)n2[C@H]1c1ccccc1. The number of esters is 1. The summed E-state index contributed by atoms with van der Waals surface area (Å²) in [6.45, 7) is 8.57. The molecule has 3 aromatic rings. The molecule has 0 saturated heterocycles. The molecule has 1 atom stereocenters. The van der Waals surface area contributed by atoms with Gasteiger partial charge in [-0.3, -0.25) is 14.0 Å². The van der Waals surface area contributed by atoms with Crippen LogP contribution in [-0.2, 0) is 16.1 Å². The minimum absolute atomic E-state index is 0.185. The van der Waals surface area contributed by atoms with E-state index in [0.29, 0.717) is 20.6 Å². The summed E-state index contributed by atoms with van der Waals surface area (Å²) in [6.07, 6.45) is 3.62. The van der Waals surface area contributed by atoms with Gasteiger partial charge < -0.3 is 4.74 Å². The zero-order chi connectivity index (χ0) is 22.1. The number of hydrogen-bond acceptors (Lipinski definition) is 6. The molecule has 0 aliphatic carbocycles. The van der Waals surface area contributed by atoms with Gasteiger partial charge in [0.05, 0.1) is 34.6 Å². The Hall–Kier alpha value is -3.26. The van der Waals surface area contributed by atoms with Gasteiger partial charge in [0.1, 0.15) is 0 Å². The molecule has 8 heteroatoms. The van der Waals surface area contributed by atoms with E-state index in [0.717, 1.165) is 23.4 Å². The molecule has 0 N–H and O–H groups in total. The van der Waals surface area contributed by atoms with Crippen LogP contribution in [0.4, 0.5) is 0 Å². The van der Waals surface area contributed by atoms with Gasteiger partial charge in [-0.1, -0.05) is 41.7 Å². The van der Waals surface area contributed by atoms with E-state index in [2.05, 4.69) is 10.1 Å². The van der Waals surface area contributed by atoms with Crippen molar-refractivity contribution in [3.8, 4) is 0 Å². The summed E-state index contributed by atoms with van der Waals surface area (Å²) in [5.74, 6) is -0.452. The van der Waals surface area contributed by atoms with Crippen LogP contribution >= 0.6 is 11.3 Å². The lowest BCUT2D eigenvalue weighted by molar-refractivity contribution is -0.139. The number of nitrogens with zero attached hydrogens (tertiary/aromatic N) is 4. The molecule has 0 spiro atoms. The summed E-state index contributed by atoms with van der Waals surface area (Å²) >= 11 is 1.32. The van der Waals surface area contributed by atoms with Crippen LogP contribution in [-0.4, -0.2) is 26.9 Å². The summed E-state index contributed by atoms with van der Waals surface area (Å²) < 4.78 is 9.35. The number of hydrogen-bond donors (Lipinski definition) is 0. The van der Waals surface area contributed by atoms with Crippen molar-refractivity contribution in [1.82, 2.24) is 14.3 Å². The van der Waals surface area contributed by atoms with Gasteiger partial charge in [-0.15, -0.1) is 0 Å². The Morgan fingerprint density at radius 3 is 2.61 bits per heavy atom. The molecule has 0 saturated carbocycles. The van der Waals surface area contributed by atoms with E-state index >= 15 is 0 Å². The fourth-order valence-corrected chi connectivity index (χ4v) is 4.84. The number of aromatic nitrogens is 3. The smallest absolute Gasteiger partial charge is 0.338 e. The van der Waals surface area contributed by atoms with Crippen LogP contribution in [0.25, 0.3) is 6.08 Å². The maximum Gasteiger partial charge on any atom is 0.338 e. The largest absolute Gasteiger partial charge is 0.463 e. The summed E-state index contributed by atoms with van der Waals surface area (Å²) in [4.78, 5) is 31.5. The molecule has 1 aliphatic rings. The maximum atomic E-state index is 13.5. The van der Waals surface area contributed by atoms with Crippen molar-refractivity contribution in [1.29, 1.82) is 0 Å². The van der Waals surface area contributed by atoms with Crippen LogP contribution in [0.1, 0.15) is 43.6 Å². The number of ether oxygens (including phenoxy) is 1. The molecule has 0 fully saturated rings. The second kappa shape index (κ2) is 8.47. The lowest BCUT2D eigenvalue weighted by Crippen LogP contribution is -2.39. The van der Waals surface area contributed by atoms with Crippen molar-refractivity contribution >= 4 is 23.4 Å². The second-order valence-electron chi connectivity index (χ2n) is 7.21. The Bertz CT molecular complexity index is 1350. The molecular weight excluding hydrogens is 412 g/mol. The molecule has 7 nitrogen and oxygen atoms in total. The molecule has 1 aromatic carbocycles. The third-order valence-electron chi connectivity index (χ3n) is 5.36. The average Bonchev–Trinajstić information content (AvgIpc) is 3.27. The maximum absolute atomic E-state index is 13.5. The van der Waals surface area contributed by atoms with Crippen molar-refractivity contribution in [2.75, 3.05) is 6.61 Å². The molecule has 0 unspecified atom stereocenters. The van der Waals surface area contributed by atoms with Crippen LogP contribution in [0.5, 0.6) is 0 Å². The van der Waals surface area contributed by atoms with Crippen molar-refractivity contribution in [2.24, 2.45) is 4.99 Å². The average molecular weight is 437 g/mol. The number of allylic oxidation sites excluding steroid dienone is 1. The lowest BCUT2D eigenvalue weighted by Gasteiger charge is -2.24. The fraction of sp³-hybridized carbons (Fsp3) is 0.304. The van der Waals surface area contributed by atoms with E-state index in [1.54, 1.807) is 24.6 Å². The molecule has 0 bridgehead atoms. The first-order valence-electron chi connectivity index (χ1n) is 10.2. The molecule has 4 rings (SSSR count). The van der Waals surface area contributed by atoms with Gasteiger partial charge >= 0.3 is 5.97 Å². The number of aryl methyl sites for hydroxylation is 1. The number of fused-ring (bicyclic) bond motifs is 1. The predicted octanol–water partition coefficient (Wildman–Crippen LogP) is 2.32. The van der Waals surface area contributed by atoms with E-state index in [9.17, 15) is 9.59 Å². The summed E-state index contributed by atoms with van der Waals surface area (Å²) in [5, 5.41) is 4.36. The number of rotatable bonds is 5. The van der Waals surface area contributed by atoms with Crippen molar-refractivity contribution in [2.45, 2.75) is 40.3 Å². The Morgan fingerprint density at radius 2 is 1.97 bits per heavy atom. The van der Waals surface area contributed by atoms with E-state index in [4.69, 9.17) is 4.74 Å². The zero-order valence-corrected chi connectivity index (χ0v) is 18.8. The van der Waals surface area contributed by atoms with Crippen LogP contribution in [0.15, 0.2) is 57.6 Å². The molecular formula is C23H24N4O3S. The summed E-state index contributed by atoms with van der Waals surface area (Å²) in [6, 6.07) is 8.93. The highest BCUT2D eigenvalue weighted by atomic mass is 32.1. The monoisotopic (exact) mass is 436 g/mol. The van der Waals surface area contributed by atoms with Crippen LogP contribution in [0.3, 0.4) is 0 Å². The normalized spacial score (nSPS) is 16.3. The van der Waals surface area contributed by atoms with E-state index in [-0.39, 0.29) is 12.2 Å². The molecule has 3 heterocycles. The number of carbonyl (C=O) groups excluding carboxylic acids is 1. The summed E-state index contributed by atoms with van der Waals surface area (Å²) in [5.41, 5.74) is 3.50. The molecule has 2 aromatic heterocycles. The van der Waals surface area contributed by atoms with Crippen LogP contribution in [0.2, 0.25) is 0 Å². The van der Waals surface area contributed by atoms with Gasteiger partial charge in [0.25, 0.3) is 5.56 Å². The fourth-order valence-electron chi connectivity index (χ4n) is 3.80. The summed E-state index contributed by atoms with van der Waals surface area (Å²) in [7, 11) is 0. The Morgan fingerprint density at radius 1 is 1.23 bits per heavy atom. The van der Waals surface area contributed by atoms with Gasteiger partial charge in [-0.05, 0) is 39.3 Å². The van der Waals surface area contributed by atoms with Crippen molar-refractivity contribution in [3.63, 3.8) is 0 Å². The van der Waals surface area contributed by atoms with Gasteiger partial charge in [-0.2, -0.15) is 5.10 Å². The minimum Gasteiger partial charge on any atom is -0.463 e. The highest BCUT2D eigenvalue weighted by Crippen LogP contribution is 2.30. The number of thiazole rings is 1. The van der Waals surface area contributed by atoms with Crippen molar-refractivity contribution in [3.05, 3.63) is 84.3 Å². The Kier molecular flexibility index (Phi) is 5.73. The first-order chi connectivity index (χ1) is 15.0. The van der Waals surface area contributed by atoms with E-state index in [1.807, 2.05) is 54.9 Å². The lowest BCUT2D eigenvalue weighted by atomic mass is 9.96. The molecule has 31 heavy (non-hydrogen) atoms. The third kappa shape index (κ3) is 3.67. The molecule has 1 aliphatic heterocycles. The molecule has 160 valence electrons. The van der Waals surface area contributed by atoms with E-state index < -0.39 is 12.0 Å². The van der Waals surface area contributed by atoms with Gasteiger partial charge in [0.2, 0.25) is 0 Å². The van der Waals surface area contributed by atoms with Gasteiger partial charge in [-0.25, -0.2) is 9.79 Å². The van der Waals surface area contributed by atoms with Crippen LogP contribution in [0, 0.1) is 6.92 Å². The highest BCUT2D eigenvalue weighted by molar-refractivity contribution is 7.07. The molecule has 0 amide bonds. The first kappa shape index (κ1) is 21.0. The Balaban J connectivity index is 1.95. The highest BCUT2D eigenvalue weighted by Gasteiger charge is 2.33. The quantitative estimate of drug-likeness (QED) is 0.575. The second-order valence-corrected chi connectivity index (χ2v) is 8.22. The standard InChI is InChI=1S/C23H24N4O3S/c1-5-26-15(4)17(13-24-26)12-18-21(28)27-20(16-10-8-7-9-11-16)19(22(29)30-6-2)14(3)25-23(27)31-18/h7-13,20H,5-6H2,1-4H3/t20-/m0/s1. The predicted molar refractivity (Wildman–Crippen MR) is 119 cm³/mol.